The van der Waals surface area contributed by atoms with E-state index in [9.17, 15) is 0 Å². The smallest absolute Gasteiger partial charge is 0.219 e. The molecule has 2 heterocycles. The van der Waals surface area contributed by atoms with Crippen LogP contribution in [0.2, 0.25) is 0 Å². The average Bonchev–Trinajstić information content (AvgIpc) is 2.40. The molecule has 2 aromatic rings. The molecular formula is C14H16BrN3O. The largest absolute Gasteiger partial charge is 0.437 e. The van der Waals surface area contributed by atoms with Crippen LogP contribution >= 0.6 is 15.9 Å². The van der Waals surface area contributed by atoms with Gasteiger partial charge in [-0.1, -0.05) is 13.0 Å². The van der Waals surface area contributed by atoms with Crippen LogP contribution in [0, 0.1) is 0 Å². The van der Waals surface area contributed by atoms with Gasteiger partial charge >= 0.3 is 0 Å². The van der Waals surface area contributed by atoms with Crippen molar-refractivity contribution in [2.45, 2.75) is 19.9 Å². The Morgan fingerprint density at radius 2 is 2.16 bits per heavy atom. The molecule has 0 aromatic carbocycles. The van der Waals surface area contributed by atoms with Crippen molar-refractivity contribution in [1.29, 1.82) is 0 Å². The normalized spacial score (nSPS) is 12.2. The van der Waals surface area contributed by atoms with Crippen LogP contribution in [0.5, 0.6) is 11.6 Å². The molecule has 0 amide bonds. The minimum absolute atomic E-state index is 0.291. The molecule has 2 aromatic heterocycles. The minimum atomic E-state index is 0.291. The van der Waals surface area contributed by atoms with Gasteiger partial charge in [0.25, 0.3) is 0 Å². The SMILES string of the molecule is CCNC(C)c1ccc(Oc2cncc(Br)c2)nc1. The van der Waals surface area contributed by atoms with Crippen molar-refractivity contribution in [1.82, 2.24) is 15.3 Å². The Bertz CT molecular complexity index is 530. The van der Waals surface area contributed by atoms with Gasteiger partial charge in [-0.25, -0.2) is 4.98 Å². The van der Waals surface area contributed by atoms with E-state index in [1.807, 2.05) is 24.4 Å². The van der Waals surface area contributed by atoms with Crippen LogP contribution in [0.4, 0.5) is 0 Å². The van der Waals surface area contributed by atoms with Crippen LogP contribution in [0.3, 0.4) is 0 Å². The Kier molecular flexibility index (Phi) is 4.87. The molecule has 1 unspecified atom stereocenters. The van der Waals surface area contributed by atoms with Crippen LogP contribution in [0.15, 0.2) is 41.3 Å². The Labute approximate surface area is 121 Å². The first-order valence-electron chi connectivity index (χ1n) is 6.16. The molecule has 0 aliphatic heterocycles. The lowest BCUT2D eigenvalue weighted by atomic mass is 10.1. The predicted molar refractivity (Wildman–Crippen MR) is 78.3 cm³/mol. The topological polar surface area (TPSA) is 47.0 Å². The number of hydrogen-bond acceptors (Lipinski definition) is 4. The lowest BCUT2D eigenvalue weighted by molar-refractivity contribution is 0.459. The molecule has 2 rings (SSSR count). The molecule has 1 N–H and O–H groups in total. The van der Waals surface area contributed by atoms with Crippen molar-refractivity contribution in [3.05, 3.63) is 46.8 Å². The van der Waals surface area contributed by atoms with E-state index in [-0.39, 0.29) is 0 Å². The Hall–Kier alpha value is -1.46. The molecule has 0 aliphatic rings. The minimum Gasteiger partial charge on any atom is -0.437 e. The molecule has 0 fully saturated rings. The van der Waals surface area contributed by atoms with Gasteiger partial charge < -0.3 is 10.1 Å². The van der Waals surface area contributed by atoms with Crippen molar-refractivity contribution in [3.63, 3.8) is 0 Å². The standard InChI is InChI=1S/C14H16BrN3O/c1-3-17-10(2)11-4-5-14(18-7-11)19-13-6-12(15)8-16-9-13/h4-10,17H,3H2,1-2H3. The number of rotatable bonds is 5. The van der Waals surface area contributed by atoms with E-state index in [1.165, 1.54) is 0 Å². The van der Waals surface area contributed by atoms with Gasteiger partial charge in [0.05, 0.1) is 6.20 Å². The summed E-state index contributed by atoms with van der Waals surface area (Å²) < 4.78 is 6.51. The summed E-state index contributed by atoms with van der Waals surface area (Å²) in [5.74, 6) is 1.22. The fraction of sp³-hybridized carbons (Fsp3) is 0.286. The fourth-order valence-corrected chi connectivity index (χ4v) is 2.05. The van der Waals surface area contributed by atoms with Gasteiger partial charge in [0.15, 0.2) is 0 Å². The summed E-state index contributed by atoms with van der Waals surface area (Å²) in [5.41, 5.74) is 1.14. The third-order valence-electron chi connectivity index (χ3n) is 2.67. The van der Waals surface area contributed by atoms with E-state index in [2.05, 4.69) is 45.1 Å². The molecule has 0 aliphatic carbocycles. The summed E-state index contributed by atoms with van der Waals surface area (Å²) in [5, 5.41) is 3.34. The summed E-state index contributed by atoms with van der Waals surface area (Å²) in [6, 6.07) is 6.02. The number of nitrogens with one attached hydrogen (secondary N) is 1. The van der Waals surface area contributed by atoms with E-state index in [0.29, 0.717) is 17.7 Å². The van der Waals surface area contributed by atoms with E-state index < -0.39 is 0 Å². The molecule has 0 saturated heterocycles. The maximum Gasteiger partial charge on any atom is 0.219 e. The first-order chi connectivity index (χ1) is 9.19. The second kappa shape index (κ2) is 6.63. The van der Waals surface area contributed by atoms with Gasteiger partial charge in [-0.15, -0.1) is 0 Å². The highest BCUT2D eigenvalue weighted by atomic mass is 79.9. The zero-order valence-corrected chi connectivity index (χ0v) is 12.5. The summed E-state index contributed by atoms with van der Waals surface area (Å²) in [7, 11) is 0. The molecule has 0 saturated carbocycles. The van der Waals surface area contributed by atoms with E-state index >= 15 is 0 Å². The average molecular weight is 322 g/mol. The molecular weight excluding hydrogens is 306 g/mol. The molecule has 0 bridgehead atoms. The van der Waals surface area contributed by atoms with Gasteiger partial charge in [-0.3, -0.25) is 4.98 Å². The zero-order valence-electron chi connectivity index (χ0n) is 10.9. The fourth-order valence-electron chi connectivity index (χ4n) is 1.70. The molecule has 100 valence electrons. The first kappa shape index (κ1) is 14.0. The zero-order chi connectivity index (χ0) is 13.7. The molecule has 0 spiro atoms. The summed E-state index contributed by atoms with van der Waals surface area (Å²) >= 11 is 3.35. The lowest BCUT2D eigenvalue weighted by Gasteiger charge is -2.12. The number of hydrogen-bond donors (Lipinski definition) is 1. The second-order valence-electron chi connectivity index (χ2n) is 4.15. The third kappa shape index (κ3) is 4.01. The van der Waals surface area contributed by atoms with Crippen molar-refractivity contribution in [2.75, 3.05) is 6.54 Å². The second-order valence-corrected chi connectivity index (χ2v) is 5.07. The molecule has 0 radical (unpaired) electrons. The number of aromatic nitrogens is 2. The Morgan fingerprint density at radius 3 is 2.79 bits per heavy atom. The van der Waals surface area contributed by atoms with Crippen molar-refractivity contribution in [2.24, 2.45) is 0 Å². The van der Waals surface area contributed by atoms with Crippen LogP contribution in [-0.4, -0.2) is 16.5 Å². The van der Waals surface area contributed by atoms with Gasteiger partial charge in [0, 0.05) is 29.0 Å². The number of pyridine rings is 2. The summed E-state index contributed by atoms with van der Waals surface area (Å²) in [6.07, 6.45) is 5.19. The number of halogens is 1. The van der Waals surface area contributed by atoms with Crippen molar-refractivity contribution in [3.8, 4) is 11.6 Å². The van der Waals surface area contributed by atoms with Crippen LogP contribution in [0.25, 0.3) is 0 Å². The summed E-state index contributed by atoms with van der Waals surface area (Å²) in [4.78, 5) is 8.34. The van der Waals surface area contributed by atoms with E-state index in [4.69, 9.17) is 4.74 Å². The maximum atomic E-state index is 5.63. The van der Waals surface area contributed by atoms with Gasteiger partial charge in [0.1, 0.15) is 5.75 Å². The third-order valence-corrected chi connectivity index (χ3v) is 3.11. The van der Waals surface area contributed by atoms with Crippen molar-refractivity contribution >= 4 is 15.9 Å². The van der Waals surface area contributed by atoms with E-state index in [1.54, 1.807) is 12.4 Å². The molecule has 19 heavy (non-hydrogen) atoms. The maximum absolute atomic E-state index is 5.63. The molecule has 5 heteroatoms. The molecule has 1 atom stereocenters. The lowest BCUT2D eigenvalue weighted by Crippen LogP contribution is -2.17. The van der Waals surface area contributed by atoms with Gasteiger partial charge in [0.2, 0.25) is 5.88 Å². The number of ether oxygens (including phenoxy) is 1. The van der Waals surface area contributed by atoms with Crippen LogP contribution in [-0.2, 0) is 0 Å². The van der Waals surface area contributed by atoms with Gasteiger partial charge in [-0.2, -0.15) is 0 Å². The highest BCUT2D eigenvalue weighted by Crippen LogP contribution is 2.22. The Morgan fingerprint density at radius 1 is 1.32 bits per heavy atom. The van der Waals surface area contributed by atoms with Crippen molar-refractivity contribution < 1.29 is 4.74 Å². The van der Waals surface area contributed by atoms with Crippen LogP contribution < -0.4 is 10.1 Å². The number of nitrogens with zero attached hydrogens (tertiary/aromatic N) is 2. The highest BCUT2D eigenvalue weighted by Gasteiger charge is 2.05. The van der Waals surface area contributed by atoms with Crippen LogP contribution in [0.1, 0.15) is 25.5 Å². The molecule has 4 nitrogen and oxygen atoms in total. The van der Waals surface area contributed by atoms with Gasteiger partial charge in [-0.05, 0) is 41.0 Å². The highest BCUT2D eigenvalue weighted by molar-refractivity contribution is 9.10. The first-order valence-corrected chi connectivity index (χ1v) is 6.96. The monoisotopic (exact) mass is 321 g/mol. The summed E-state index contributed by atoms with van der Waals surface area (Å²) in [6.45, 7) is 5.13. The Balaban J connectivity index is 2.06. The van der Waals surface area contributed by atoms with E-state index in [0.717, 1.165) is 16.6 Å². The quantitative estimate of drug-likeness (QED) is 0.912. The predicted octanol–water partition coefficient (Wildman–Crippen LogP) is 3.70.